The summed E-state index contributed by atoms with van der Waals surface area (Å²) in [7, 11) is 0. The summed E-state index contributed by atoms with van der Waals surface area (Å²) in [6.07, 6.45) is 3.35. The van der Waals surface area contributed by atoms with Gasteiger partial charge in [0, 0.05) is 43.8 Å². The molecule has 1 heterocycles. The molecule has 1 atom stereocenters. The molecule has 1 aliphatic rings. The topological polar surface area (TPSA) is 32.8 Å². The Hall–Kier alpha value is -2.14. The summed E-state index contributed by atoms with van der Waals surface area (Å²) in [6.45, 7) is 8.32. The minimum absolute atomic E-state index is 0.0847. The van der Waals surface area contributed by atoms with E-state index in [0.717, 1.165) is 37.7 Å². The molecular weight excluding hydrogens is 384 g/mol. The molecule has 0 bridgehead atoms. The molecule has 2 aromatic carbocycles. The van der Waals surface area contributed by atoms with E-state index in [0.29, 0.717) is 0 Å². The average Bonchev–Trinajstić information content (AvgIpc) is 2.71. The van der Waals surface area contributed by atoms with E-state index >= 15 is 0 Å². The van der Waals surface area contributed by atoms with Gasteiger partial charge in [-0.1, -0.05) is 60.1 Å². The van der Waals surface area contributed by atoms with Crippen molar-refractivity contribution in [3.8, 4) is 0 Å². The summed E-state index contributed by atoms with van der Waals surface area (Å²) in [6, 6.07) is 19.0. The smallest absolute Gasteiger partial charge is 0.330 e. The van der Waals surface area contributed by atoms with Crippen LogP contribution in [0.25, 0.3) is 0 Å². The van der Waals surface area contributed by atoms with Crippen molar-refractivity contribution in [3.63, 3.8) is 0 Å². The molecule has 1 unspecified atom stereocenters. The molecule has 1 fully saturated rings. The largest absolute Gasteiger partial charge is 0.460 e. The van der Waals surface area contributed by atoms with E-state index in [9.17, 15) is 4.79 Å². The maximum atomic E-state index is 11.6. The molecule has 0 N–H and O–H groups in total. The lowest BCUT2D eigenvalue weighted by molar-refractivity contribution is -0.141. The molecule has 3 rings (SSSR count). The van der Waals surface area contributed by atoms with Gasteiger partial charge in [-0.3, -0.25) is 9.80 Å². The number of hydrogen-bond acceptors (Lipinski definition) is 4. The molecule has 1 aliphatic heterocycles. The zero-order valence-corrected chi connectivity index (χ0v) is 17.9. The van der Waals surface area contributed by atoms with Gasteiger partial charge in [-0.15, -0.1) is 0 Å². The Balaban J connectivity index is 1.62. The lowest BCUT2D eigenvalue weighted by atomic mass is 9.96. The first-order valence-corrected chi connectivity index (χ1v) is 10.5. The molecule has 4 nitrogen and oxygen atoms in total. The summed E-state index contributed by atoms with van der Waals surface area (Å²) in [4.78, 5) is 16.5. The summed E-state index contributed by atoms with van der Waals surface area (Å²) in [5.41, 5.74) is 2.55. The standard InChI is InChI=1S/C24H29ClN2O2/c1-19(2)29-23(28)9-6-14-26-15-17-27(18-16-26)24(20-7-4-3-5-8-20)21-10-12-22(25)13-11-21/h3-13,19,24H,14-18H2,1-2H3. The highest BCUT2D eigenvalue weighted by Crippen LogP contribution is 2.30. The van der Waals surface area contributed by atoms with Crippen LogP contribution < -0.4 is 0 Å². The SMILES string of the molecule is CC(C)OC(=O)C=CCN1CCN(C(c2ccccc2)c2ccc(Cl)cc2)CC1. The Bertz CT molecular complexity index is 797. The van der Waals surface area contributed by atoms with E-state index in [1.54, 1.807) is 0 Å². The van der Waals surface area contributed by atoms with E-state index in [1.807, 2.05) is 32.1 Å². The maximum Gasteiger partial charge on any atom is 0.330 e. The number of esters is 1. The van der Waals surface area contributed by atoms with Gasteiger partial charge in [-0.25, -0.2) is 4.79 Å². The summed E-state index contributed by atoms with van der Waals surface area (Å²) in [5, 5.41) is 0.758. The van der Waals surface area contributed by atoms with Gasteiger partial charge in [0.05, 0.1) is 12.1 Å². The molecule has 0 radical (unpaired) electrons. The maximum absolute atomic E-state index is 11.6. The molecule has 1 saturated heterocycles. The number of carbonyl (C=O) groups excluding carboxylic acids is 1. The number of carbonyl (C=O) groups is 1. The lowest BCUT2D eigenvalue weighted by Crippen LogP contribution is -2.47. The van der Waals surface area contributed by atoms with Gasteiger partial charge in [0.1, 0.15) is 0 Å². The second kappa shape index (κ2) is 10.6. The van der Waals surface area contributed by atoms with E-state index in [4.69, 9.17) is 16.3 Å². The summed E-state index contributed by atoms with van der Waals surface area (Å²) >= 11 is 6.11. The van der Waals surface area contributed by atoms with Gasteiger partial charge < -0.3 is 4.74 Å². The molecule has 0 saturated carbocycles. The predicted octanol–water partition coefficient (Wildman–Crippen LogP) is 4.55. The highest BCUT2D eigenvalue weighted by atomic mass is 35.5. The van der Waals surface area contributed by atoms with E-state index in [-0.39, 0.29) is 18.1 Å². The second-order valence-corrected chi connectivity index (χ2v) is 8.03. The fourth-order valence-corrected chi connectivity index (χ4v) is 3.79. The second-order valence-electron chi connectivity index (χ2n) is 7.59. The Morgan fingerprint density at radius 1 is 1.00 bits per heavy atom. The number of halogens is 1. The van der Waals surface area contributed by atoms with Crippen molar-refractivity contribution in [1.82, 2.24) is 9.80 Å². The molecule has 2 aromatic rings. The highest BCUT2D eigenvalue weighted by molar-refractivity contribution is 6.30. The van der Waals surface area contributed by atoms with Crippen LogP contribution in [0, 0.1) is 0 Å². The van der Waals surface area contributed by atoms with Crippen molar-refractivity contribution < 1.29 is 9.53 Å². The van der Waals surface area contributed by atoms with Gasteiger partial charge in [-0.2, -0.15) is 0 Å². The number of nitrogens with zero attached hydrogens (tertiary/aromatic N) is 2. The number of benzene rings is 2. The quantitative estimate of drug-likeness (QED) is 0.493. The van der Waals surface area contributed by atoms with Crippen LogP contribution >= 0.6 is 11.6 Å². The van der Waals surface area contributed by atoms with Crippen molar-refractivity contribution in [3.05, 3.63) is 82.9 Å². The van der Waals surface area contributed by atoms with E-state index in [2.05, 4.69) is 52.3 Å². The monoisotopic (exact) mass is 412 g/mol. The van der Waals surface area contributed by atoms with Gasteiger partial charge in [0.25, 0.3) is 0 Å². The fourth-order valence-electron chi connectivity index (χ4n) is 3.67. The summed E-state index contributed by atoms with van der Waals surface area (Å²) < 4.78 is 5.13. The van der Waals surface area contributed by atoms with Crippen LogP contribution in [0.3, 0.4) is 0 Å². The first-order chi connectivity index (χ1) is 14.0. The van der Waals surface area contributed by atoms with Crippen LogP contribution in [0.4, 0.5) is 0 Å². The molecular formula is C24H29ClN2O2. The minimum Gasteiger partial charge on any atom is -0.460 e. The van der Waals surface area contributed by atoms with Gasteiger partial charge >= 0.3 is 5.97 Å². The number of piperazine rings is 1. The van der Waals surface area contributed by atoms with Crippen molar-refractivity contribution in [2.24, 2.45) is 0 Å². The van der Waals surface area contributed by atoms with Crippen LogP contribution in [-0.2, 0) is 9.53 Å². The first-order valence-electron chi connectivity index (χ1n) is 10.2. The van der Waals surface area contributed by atoms with Crippen LogP contribution in [0.2, 0.25) is 5.02 Å². The Labute approximate surface area is 178 Å². The zero-order valence-electron chi connectivity index (χ0n) is 17.1. The van der Waals surface area contributed by atoms with Crippen LogP contribution in [-0.4, -0.2) is 54.6 Å². The predicted molar refractivity (Wildman–Crippen MR) is 118 cm³/mol. The van der Waals surface area contributed by atoms with Crippen LogP contribution in [0.15, 0.2) is 66.7 Å². The van der Waals surface area contributed by atoms with E-state index in [1.165, 1.54) is 17.2 Å². The van der Waals surface area contributed by atoms with Gasteiger partial charge in [0.2, 0.25) is 0 Å². The van der Waals surface area contributed by atoms with Crippen molar-refractivity contribution in [2.75, 3.05) is 32.7 Å². The fraction of sp³-hybridized carbons (Fsp3) is 0.375. The van der Waals surface area contributed by atoms with Crippen LogP contribution in [0.5, 0.6) is 0 Å². The number of ether oxygens (including phenoxy) is 1. The zero-order chi connectivity index (χ0) is 20.6. The minimum atomic E-state index is -0.273. The van der Waals surface area contributed by atoms with Crippen molar-refractivity contribution in [1.29, 1.82) is 0 Å². The Morgan fingerprint density at radius 2 is 1.62 bits per heavy atom. The van der Waals surface area contributed by atoms with Crippen molar-refractivity contribution in [2.45, 2.75) is 26.0 Å². The third kappa shape index (κ3) is 6.43. The molecule has 0 aliphatic carbocycles. The molecule has 0 spiro atoms. The molecule has 154 valence electrons. The van der Waals surface area contributed by atoms with Gasteiger partial charge in [-0.05, 0) is 37.1 Å². The Morgan fingerprint density at radius 3 is 2.24 bits per heavy atom. The van der Waals surface area contributed by atoms with E-state index < -0.39 is 0 Å². The normalized spacial score (nSPS) is 17.0. The number of rotatable bonds is 7. The van der Waals surface area contributed by atoms with Gasteiger partial charge in [0.15, 0.2) is 0 Å². The molecule has 29 heavy (non-hydrogen) atoms. The highest BCUT2D eigenvalue weighted by Gasteiger charge is 2.26. The lowest BCUT2D eigenvalue weighted by Gasteiger charge is -2.39. The van der Waals surface area contributed by atoms with Crippen molar-refractivity contribution >= 4 is 17.6 Å². The third-order valence-electron chi connectivity index (χ3n) is 5.04. The first kappa shape index (κ1) is 21.6. The molecule has 5 heteroatoms. The molecule has 0 amide bonds. The average molecular weight is 413 g/mol. The molecule has 0 aromatic heterocycles. The summed E-state index contributed by atoms with van der Waals surface area (Å²) in [5.74, 6) is -0.273. The Kier molecular flexibility index (Phi) is 7.87. The van der Waals surface area contributed by atoms with Crippen LogP contribution in [0.1, 0.15) is 31.0 Å². The number of hydrogen-bond donors (Lipinski definition) is 0. The third-order valence-corrected chi connectivity index (χ3v) is 5.29.